The smallest absolute Gasteiger partial charge is 0.00684 e. The highest BCUT2D eigenvalue weighted by Gasteiger charge is 1.90. The monoisotopic (exact) mass is 189 g/mol. The fourth-order valence-corrected chi connectivity index (χ4v) is 1.34. The number of hydrogen-bond donors (Lipinski definition) is 0. The Kier molecular flexibility index (Phi) is 5.16. The molecule has 0 heterocycles. The lowest BCUT2D eigenvalue weighted by atomic mass is 10.1. The zero-order valence-electron chi connectivity index (χ0n) is 6.37. The van der Waals surface area contributed by atoms with E-state index in [1.54, 1.807) is 0 Å². The third-order valence-electron chi connectivity index (χ3n) is 1.02. The van der Waals surface area contributed by atoms with Gasteiger partial charge in [0, 0.05) is 5.33 Å². The number of halogens is 1. The Bertz CT molecular complexity index is 92.7. The molecule has 0 aliphatic carbocycles. The van der Waals surface area contributed by atoms with Gasteiger partial charge in [-0.3, -0.25) is 0 Å². The number of hydrogen-bond acceptors (Lipinski definition) is 0. The normalized spacial score (nSPS) is 12.8. The predicted molar refractivity (Wildman–Crippen MR) is 46.8 cm³/mol. The van der Waals surface area contributed by atoms with Crippen LogP contribution in [0, 0.1) is 5.92 Å². The predicted octanol–water partition coefficient (Wildman–Crippen LogP) is 3.33. The molecule has 1 heteroatoms. The highest BCUT2D eigenvalue weighted by Crippen LogP contribution is 2.07. The Balaban J connectivity index is 3.55. The molecule has 0 saturated heterocycles. The third kappa shape index (κ3) is 6.10. The molecule has 53 valence electrons. The Labute approximate surface area is 66.5 Å². The zero-order valence-corrected chi connectivity index (χ0v) is 7.96. The fourth-order valence-electron chi connectivity index (χ4n) is 0.714. The van der Waals surface area contributed by atoms with E-state index in [4.69, 9.17) is 0 Å². The van der Waals surface area contributed by atoms with Gasteiger partial charge >= 0.3 is 0 Å². The van der Waals surface area contributed by atoms with E-state index in [-0.39, 0.29) is 0 Å². The van der Waals surface area contributed by atoms with Gasteiger partial charge in [-0.2, -0.15) is 0 Å². The van der Waals surface area contributed by atoms with Crippen LogP contribution in [-0.4, -0.2) is 5.33 Å². The van der Waals surface area contributed by atoms with Crippen molar-refractivity contribution in [2.45, 2.75) is 27.2 Å². The molecular formula is C8H14Br. The summed E-state index contributed by atoms with van der Waals surface area (Å²) in [7, 11) is 0. The van der Waals surface area contributed by atoms with Crippen LogP contribution in [0.4, 0.5) is 0 Å². The Morgan fingerprint density at radius 2 is 1.89 bits per heavy atom. The van der Waals surface area contributed by atoms with E-state index in [0.717, 1.165) is 11.8 Å². The fraction of sp³-hybridized carbons (Fsp3) is 0.625. The first-order valence-electron chi connectivity index (χ1n) is 3.20. The van der Waals surface area contributed by atoms with Crippen LogP contribution in [-0.2, 0) is 0 Å². The summed E-state index contributed by atoms with van der Waals surface area (Å²) in [6.45, 7) is 6.41. The molecule has 0 fully saturated rings. The molecule has 0 aromatic carbocycles. The summed E-state index contributed by atoms with van der Waals surface area (Å²) < 4.78 is 0. The van der Waals surface area contributed by atoms with Crippen LogP contribution in [0.3, 0.4) is 0 Å². The first kappa shape index (κ1) is 9.22. The van der Waals surface area contributed by atoms with Gasteiger partial charge in [-0.1, -0.05) is 41.4 Å². The van der Waals surface area contributed by atoms with E-state index < -0.39 is 0 Å². The van der Waals surface area contributed by atoms with E-state index >= 15 is 0 Å². The van der Waals surface area contributed by atoms with Crippen LogP contribution < -0.4 is 0 Å². The molecule has 0 aliphatic heterocycles. The minimum atomic E-state index is 1.07. The van der Waals surface area contributed by atoms with E-state index in [1.165, 1.54) is 11.5 Å². The maximum Gasteiger partial charge on any atom is 0.00684 e. The molecule has 0 rings (SSSR count). The second-order valence-electron chi connectivity index (χ2n) is 2.51. The highest BCUT2D eigenvalue weighted by atomic mass is 79.9. The van der Waals surface area contributed by atoms with E-state index in [1.807, 2.05) is 0 Å². The molecular weight excluding hydrogens is 176 g/mol. The summed E-state index contributed by atoms with van der Waals surface area (Å²) in [5.41, 5.74) is 1.45. The van der Waals surface area contributed by atoms with Crippen LogP contribution in [0.25, 0.3) is 0 Å². The van der Waals surface area contributed by atoms with Crippen LogP contribution in [0.15, 0.2) is 11.6 Å². The Morgan fingerprint density at radius 1 is 1.33 bits per heavy atom. The maximum atomic E-state index is 3.39. The van der Waals surface area contributed by atoms with Crippen LogP contribution in [0.1, 0.15) is 27.2 Å². The molecule has 0 aromatic rings. The van der Waals surface area contributed by atoms with Crippen molar-refractivity contribution < 1.29 is 0 Å². The molecule has 0 nitrogen and oxygen atoms in total. The average Bonchev–Trinajstić information content (AvgIpc) is 1.63. The quantitative estimate of drug-likeness (QED) is 0.598. The van der Waals surface area contributed by atoms with Crippen molar-refractivity contribution in [2.24, 2.45) is 0 Å². The van der Waals surface area contributed by atoms with Crippen molar-refractivity contribution in [2.75, 3.05) is 5.33 Å². The van der Waals surface area contributed by atoms with E-state index in [2.05, 4.69) is 42.8 Å². The standard InChI is InChI=1S/C8H14Br/c1-7(2)6-8(3)4-5-9/h6H,4-5H2,1-3H3/b8-6+. The lowest BCUT2D eigenvalue weighted by Crippen LogP contribution is -1.82. The van der Waals surface area contributed by atoms with Gasteiger partial charge < -0.3 is 0 Å². The number of allylic oxidation sites excluding steroid dienone is 2. The summed E-state index contributed by atoms with van der Waals surface area (Å²) in [4.78, 5) is 0. The zero-order chi connectivity index (χ0) is 7.28. The molecule has 9 heavy (non-hydrogen) atoms. The minimum Gasteiger partial charge on any atom is -0.0925 e. The lowest BCUT2D eigenvalue weighted by Gasteiger charge is -1.98. The third-order valence-corrected chi connectivity index (χ3v) is 1.42. The van der Waals surface area contributed by atoms with Crippen molar-refractivity contribution in [3.63, 3.8) is 0 Å². The van der Waals surface area contributed by atoms with Crippen molar-refractivity contribution in [1.82, 2.24) is 0 Å². The van der Waals surface area contributed by atoms with Crippen LogP contribution >= 0.6 is 15.9 Å². The lowest BCUT2D eigenvalue weighted by molar-refractivity contribution is 1.08. The number of alkyl halides is 1. The van der Waals surface area contributed by atoms with Gasteiger partial charge in [-0.25, -0.2) is 0 Å². The molecule has 0 unspecified atom stereocenters. The molecule has 0 bridgehead atoms. The van der Waals surface area contributed by atoms with Gasteiger partial charge in [-0.15, -0.1) is 0 Å². The summed E-state index contributed by atoms with van der Waals surface area (Å²) in [5.74, 6) is 1.38. The summed E-state index contributed by atoms with van der Waals surface area (Å²) >= 11 is 3.39. The van der Waals surface area contributed by atoms with Gasteiger partial charge in [0.2, 0.25) is 0 Å². The van der Waals surface area contributed by atoms with Gasteiger partial charge in [0.15, 0.2) is 0 Å². The molecule has 0 aliphatic rings. The second-order valence-corrected chi connectivity index (χ2v) is 3.30. The van der Waals surface area contributed by atoms with Crippen molar-refractivity contribution in [3.05, 3.63) is 17.6 Å². The van der Waals surface area contributed by atoms with Crippen molar-refractivity contribution >= 4 is 15.9 Å². The van der Waals surface area contributed by atoms with Crippen molar-refractivity contribution in [1.29, 1.82) is 0 Å². The molecule has 0 saturated carbocycles. The van der Waals surface area contributed by atoms with Crippen molar-refractivity contribution in [3.8, 4) is 0 Å². The molecule has 1 radical (unpaired) electrons. The van der Waals surface area contributed by atoms with Gasteiger partial charge in [0.25, 0.3) is 0 Å². The molecule has 0 N–H and O–H groups in total. The first-order valence-corrected chi connectivity index (χ1v) is 4.32. The Morgan fingerprint density at radius 3 is 2.22 bits per heavy atom. The van der Waals surface area contributed by atoms with Gasteiger partial charge in [-0.05, 0) is 19.3 Å². The van der Waals surface area contributed by atoms with E-state index in [0.29, 0.717) is 0 Å². The summed E-state index contributed by atoms with van der Waals surface area (Å²) in [6, 6.07) is 0. The Hall–Kier alpha value is 0.220. The molecule has 0 aromatic heterocycles. The average molecular weight is 190 g/mol. The number of rotatable bonds is 3. The first-order chi connectivity index (χ1) is 4.16. The topological polar surface area (TPSA) is 0 Å². The largest absolute Gasteiger partial charge is 0.0925 e. The van der Waals surface area contributed by atoms with Gasteiger partial charge in [0.05, 0.1) is 0 Å². The maximum absolute atomic E-state index is 3.39. The second kappa shape index (κ2) is 5.04. The van der Waals surface area contributed by atoms with Crippen LogP contribution in [0.2, 0.25) is 0 Å². The van der Waals surface area contributed by atoms with E-state index in [9.17, 15) is 0 Å². The van der Waals surface area contributed by atoms with Crippen LogP contribution in [0.5, 0.6) is 0 Å². The summed E-state index contributed by atoms with van der Waals surface area (Å²) in [6.07, 6.45) is 3.38. The molecule has 0 atom stereocenters. The highest BCUT2D eigenvalue weighted by molar-refractivity contribution is 9.09. The van der Waals surface area contributed by atoms with Gasteiger partial charge in [0.1, 0.15) is 0 Å². The summed E-state index contributed by atoms with van der Waals surface area (Å²) in [5, 5.41) is 1.07. The minimum absolute atomic E-state index is 1.07. The molecule has 0 amide bonds. The SMILES string of the molecule is C[C](C)/C=C(\C)CCBr. The molecule has 0 spiro atoms.